The van der Waals surface area contributed by atoms with Crippen molar-refractivity contribution in [3.8, 4) is 0 Å². The van der Waals surface area contributed by atoms with Crippen molar-refractivity contribution < 1.29 is 9.59 Å². The van der Waals surface area contributed by atoms with Crippen LogP contribution in [0.3, 0.4) is 0 Å². The third-order valence-electron chi connectivity index (χ3n) is 4.31. The van der Waals surface area contributed by atoms with Gasteiger partial charge in [0.15, 0.2) is 0 Å². The summed E-state index contributed by atoms with van der Waals surface area (Å²) < 4.78 is 0. The van der Waals surface area contributed by atoms with Crippen LogP contribution < -0.4 is 10.6 Å². The largest absolute Gasteiger partial charge is 0.339 e. The number of nitrogens with zero attached hydrogens (tertiary/aromatic N) is 2. The second-order valence-corrected chi connectivity index (χ2v) is 6.14. The second kappa shape index (κ2) is 7.77. The first-order valence-corrected chi connectivity index (χ1v) is 8.56. The SMILES string of the molecule is CC[C@H](C)[C@@H](NC(=O)c1ccccn1)C(=O)Nc1nc2ccccc2[nH]1. The highest BCUT2D eigenvalue weighted by Gasteiger charge is 2.27. The van der Waals surface area contributed by atoms with Crippen LogP contribution in [-0.2, 0) is 4.79 Å². The van der Waals surface area contributed by atoms with E-state index in [-0.39, 0.29) is 23.4 Å². The second-order valence-electron chi connectivity index (χ2n) is 6.14. The molecule has 1 aromatic carbocycles. The fraction of sp³-hybridized carbons (Fsp3) is 0.263. The minimum absolute atomic E-state index is 0.0490. The molecule has 0 radical (unpaired) electrons. The number of carbonyl (C=O) groups excluding carboxylic acids is 2. The van der Waals surface area contributed by atoms with Crippen molar-refractivity contribution in [1.29, 1.82) is 0 Å². The van der Waals surface area contributed by atoms with E-state index in [1.165, 1.54) is 0 Å². The van der Waals surface area contributed by atoms with Crippen molar-refractivity contribution in [1.82, 2.24) is 20.3 Å². The van der Waals surface area contributed by atoms with E-state index in [1.807, 2.05) is 38.1 Å². The standard InChI is InChI=1S/C19H21N5O2/c1-3-12(2)16(23-17(25)15-10-6-7-11-20-15)18(26)24-19-21-13-8-4-5-9-14(13)22-19/h4-12,16H,3H2,1-2H3,(H,23,25)(H2,21,22,24,26)/t12-,16+/m0/s1. The first kappa shape index (κ1) is 17.6. The van der Waals surface area contributed by atoms with Crippen molar-refractivity contribution in [2.45, 2.75) is 26.3 Å². The van der Waals surface area contributed by atoms with Crippen LogP contribution in [0.4, 0.5) is 5.95 Å². The summed E-state index contributed by atoms with van der Waals surface area (Å²) in [6.45, 7) is 3.89. The number of carbonyl (C=O) groups is 2. The smallest absolute Gasteiger partial charge is 0.270 e. The zero-order valence-electron chi connectivity index (χ0n) is 14.7. The van der Waals surface area contributed by atoms with Gasteiger partial charge in [-0.05, 0) is 30.2 Å². The average Bonchev–Trinajstić information content (AvgIpc) is 3.08. The number of nitrogens with one attached hydrogen (secondary N) is 3. The number of rotatable bonds is 6. The number of imidazole rings is 1. The molecule has 2 heterocycles. The maximum Gasteiger partial charge on any atom is 0.270 e. The highest BCUT2D eigenvalue weighted by molar-refractivity contribution is 6.00. The van der Waals surface area contributed by atoms with Crippen LogP contribution in [0.5, 0.6) is 0 Å². The van der Waals surface area contributed by atoms with Gasteiger partial charge in [-0.25, -0.2) is 4.98 Å². The van der Waals surface area contributed by atoms with Gasteiger partial charge in [0.1, 0.15) is 11.7 Å². The fourth-order valence-electron chi connectivity index (χ4n) is 2.62. The molecular weight excluding hydrogens is 330 g/mol. The van der Waals surface area contributed by atoms with Gasteiger partial charge in [-0.3, -0.25) is 19.9 Å². The van der Waals surface area contributed by atoms with Gasteiger partial charge in [0.25, 0.3) is 5.91 Å². The van der Waals surface area contributed by atoms with E-state index in [0.29, 0.717) is 5.95 Å². The van der Waals surface area contributed by atoms with E-state index in [2.05, 4.69) is 25.6 Å². The van der Waals surface area contributed by atoms with E-state index in [4.69, 9.17) is 0 Å². The van der Waals surface area contributed by atoms with Gasteiger partial charge >= 0.3 is 0 Å². The number of benzene rings is 1. The van der Waals surface area contributed by atoms with Gasteiger partial charge in [-0.15, -0.1) is 0 Å². The molecule has 0 saturated carbocycles. The summed E-state index contributed by atoms with van der Waals surface area (Å²) in [6, 6.07) is 11.9. The van der Waals surface area contributed by atoms with Gasteiger partial charge in [0, 0.05) is 6.20 Å². The molecule has 0 aliphatic rings. The lowest BCUT2D eigenvalue weighted by Gasteiger charge is -2.22. The van der Waals surface area contributed by atoms with Gasteiger partial charge in [-0.1, -0.05) is 38.5 Å². The molecule has 2 atom stereocenters. The summed E-state index contributed by atoms with van der Waals surface area (Å²) in [7, 11) is 0. The molecule has 2 aromatic heterocycles. The van der Waals surface area contributed by atoms with Crippen molar-refractivity contribution in [2.75, 3.05) is 5.32 Å². The zero-order chi connectivity index (χ0) is 18.5. The Kier molecular flexibility index (Phi) is 5.26. The molecule has 3 N–H and O–H groups in total. The number of pyridine rings is 1. The van der Waals surface area contributed by atoms with E-state index < -0.39 is 6.04 Å². The van der Waals surface area contributed by atoms with Crippen molar-refractivity contribution in [3.63, 3.8) is 0 Å². The monoisotopic (exact) mass is 351 g/mol. The average molecular weight is 351 g/mol. The van der Waals surface area contributed by atoms with Crippen LogP contribution in [0.1, 0.15) is 30.8 Å². The van der Waals surface area contributed by atoms with Crippen molar-refractivity contribution in [3.05, 3.63) is 54.4 Å². The number of hydrogen-bond donors (Lipinski definition) is 3. The molecule has 0 unspecified atom stereocenters. The molecule has 26 heavy (non-hydrogen) atoms. The Morgan fingerprint density at radius 1 is 1.15 bits per heavy atom. The van der Waals surface area contributed by atoms with Crippen molar-refractivity contribution >= 4 is 28.8 Å². The molecule has 0 aliphatic heterocycles. The Bertz CT molecular complexity index is 873. The lowest BCUT2D eigenvalue weighted by atomic mass is 9.98. The van der Waals surface area contributed by atoms with Gasteiger partial charge < -0.3 is 10.3 Å². The molecule has 0 bridgehead atoms. The number of hydrogen-bond acceptors (Lipinski definition) is 4. The van der Waals surface area contributed by atoms with Crippen LogP contribution >= 0.6 is 0 Å². The van der Waals surface area contributed by atoms with Gasteiger partial charge in [0.05, 0.1) is 11.0 Å². The number of fused-ring (bicyclic) bond motifs is 1. The Morgan fingerprint density at radius 2 is 1.92 bits per heavy atom. The van der Waals surface area contributed by atoms with Crippen LogP contribution in [0.25, 0.3) is 11.0 Å². The van der Waals surface area contributed by atoms with E-state index in [9.17, 15) is 9.59 Å². The molecule has 7 heteroatoms. The normalized spacial score (nSPS) is 13.2. The fourth-order valence-corrected chi connectivity index (χ4v) is 2.62. The number of aromatic amines is 1. The Morgan fingerprint density at radius 3 is 2.62 bits per heavy atom. The highest BCUT2D eigenvalue weighted by Crippen LogP contribution is 2.15. The summed E-state index contributed by atoms with van der Waals surface area (Å²) in [6.07, 6.45) is 2.28. The van der Waals surface area contributed by atoms with Crippen LogP contribution in [-0.4, -0.2) is 32.8 Å². The number of para-hydroxylation sites is 2. The van der Waals surface area contributed by atoms with Crippen LogP contribution in [0.15, 0.2) is 48.7 Å². The van der Waals surface area contributed by atoms with Gasteiger partial charge in [-0.2, -0.15) is 0 Å². The molecule has 134 valence electrons. The lowest BCUT2D eigenvalue weighted by molar-refractivity contribution is -0.119. The third-order valence-corrected chi connectivity index (χ3v) is 4.31. The van der Waals surface area contributed by atoms with Crippen LogP contribution in [0.2, 0.25) is 0 Å². The van der Waals surface area contributed by atoms with E-state index in [0.717, 1.165) is 17.5 Å². The summed E-state index contributed by atoms with van der Waals surface area (Å²) in [4.78, 5) is 36.6. The molecule has 0 fully saturated rings. The van der Waals surface area contributed by atoms with E-state index in [1.54, 1.807) is 24.4 Å². The third kappa shape index (κ3) is 3.88. The number of aromatic nitrogens is 3. The molecule has 2 amide bonds. The molecular formula is C19H21N5O2. The molecule has 0 spiro atoms. The molecule has 3 aromatic rings. The molecule has 0 aliphatic carbocycles. The predicted molar refractivity (Wildman–Crippen MR) is 99.7 cm³/mol. The zero-order valence-corrected chi connectivity index (χ0v) is 14.7. The minimum atomic E-state index is -0.692. The Labute approximate surface area is 151 Å². The number of anilines is 1. The molecule has 3 rings (SSSR count). The summed E-state index contributed by atoms with van der Waals surface area (Å²) in [5.41, 5.74) is 1.87. The Balaban J connectivity index is 1.76. The van der Waals surface area contributed by atoms with Gasteiger partial charge in [0.2, 0.25) is 11.9 Å². The maximum absolute atomic E-state index is 12.8. The topological polar surface area (TPSA) is 99.8 Å². The predicted octanol–water partition coefficient (Wildman–Crippen LogP) is 2.74. The maximum atomic E-state index is 12.8. The highest BCUT2D eigenvalue weighted by atomic mass is 16.2. The summed E-state index contributed by atoms with van der Waals surface area (Å²) >= 11 is 0. The lowest BCUT2D eigenvalue weighted by Crippen LogP contribution is -2.48. The summed E-state index contributed by atoms with van der Waals surface area (Å²) in [5, 5.41) is 5.55. The first-order valence-electron chi connectivity index (χ1n) is 8.56. The van der Waals surface area contributed by atoms with E-state index >= 15 is 0 Å². The molecule has 0 saturated heterocycles. The molecule has 7 nitrogen and oxygen atoms in total. The quantitative estimate of drug-likeness (QED) is 0.636. The number of H-pyrrole nitrogens is 1. The first-order chi connectivity index (χ1) is 12.6. The van der Waals surface area contributed by atoms with Crippen LogP contribution in [0, 0.1) is 5.92 Å². The minimum Gasteiger partial charge on any atom is -0.339 e. The Hall–Kier alpha value is -3.22. The van der Waals surface area contributed by atoms with Crippen molar-refractivity contribution in [2.24, 2.45) is 5.92 Å². The number of amides is 2. The summed E-state index contributed by atoms with van der Waals surface area (Å²) in [5.74, 6) is -0.387.